The van der Waals surface area contributed by atoms with Gasteiger partial charge in [-0.2, -0.15) is 0 Å². The van der Waals surface area contributed by atoms with Crippen LogP contribution in [0.3, 0.4) is 0 Å². The van der Waals surface area contributed by atoms with Crippen molar-refractivity contribution < 1.29 is 9.53 Å². The van der Waals surface area contributed by atoms with Crippen LogP contribution in [-0.4, -0.2) is 24.2 Å². The molecule has 70 valence electrons. The lowest BCUT2D eigenvalue weighted by molar-refractivity contribution is -0.146. The second-order valence-electron chi connectivity index (χ2n) is 3.34. The molecule has 1 aliphatic rings. The molecule has 1 aliphatic carbocycles. The van der Waals surface area contributed by atoms with Crippen molar-refractivity contribution in [1.82, 2.24) is 0 Å². The summed E-state index contributed by atoms with van der Waals surface area (Å²) in [7, 11) is 0. The molecule has 0 radical (unpaired) electrons. The van der Waals surface area contributed by atoms with Crippen molar-refractivity contribution in [3.63, 3.8) is 0 Å². The summed E-state index contributed by atoms with van der Waals surface area (Å²) in [6.07, 6.45) is 2.45. The Bertz CT molecular complexity index is 184. The van der Waals surface area contributed by atoms with Crippen molar-refractivity contribution in [3.8, 4) is 0 Å². The van der Waals surface area contributed by atoms with Crippen LogP contribution < -0.4 is 11.5 Å². The summed E-state index contributed by atoms with van der Waals surface area (Å²) in [6, 6.07) is -0.202. The number of carbonyl (C=O) groups excluding carboxylic acids is 1. The van der Waals surface area contributed by atoms with Crippen LogP contribution in [0.1, 0.15) is 26.2 Å². The van der Waals surface area contributed by atoms with Gasteiger partial charge in [-0.25, -0.2) is 4.79 Å². The van der Waals surface area contributed by atoms with Crippen LogP contribution in [0.2, 0.25) is 0 Å². The summed E-state index contributed by atoms with van der Waals surface area (Å²) in [5.74, 6) is -0.344. The SMILES string of the molecule is CCCCOC(=O)C1(N)CC1N. The number of hydrogen-bond donors (Lipinski definition) is 2. The van der Waals surface area contributed by atoms with Gasteiger partial charge in [-0.15, -0.1) is 0 Å². The van der Waals surface area contributed by atoms with E-state index in [9.17, 15) is 4.79 Å². The molecule has 0 saturated heterocycles. The highest BCUT2D eigenvalue weighted by Crippen LogP contribution is 2.32. The van der Waals surface area contributed by atoms with Gasteiger partial charge in [0.1, 0.15) is 5.54 Å². The molecule has 0 aromatic heterocycles. The van der Waals surface area contributed by atoms with Gasteiger partial charge in [0, 0.05) is 6.04 Å². The Labute approximate surface area is 72.2 Å². The molecule has 1 fully saturated rings. The third-order valence-corrected chi connectivity index (χ3v) is 2.17. The first-order valence-electron chi connectivity index (χ1n) is 4.33. The fraction of sp³-hybridized carbons (Fsp3) is 0.875. The minimum atomic E-state index is -0.867. The first-order valence-corrected chi connectivity index (χ1v) is 4.33. The quantitative estimate of drug-likeness (QED) is 0.453. The van der Waals surface area contributed by atoms with Crippen molar-refractivity contribution in [3.05, 3.63) is 0 Å². The molecular formula is C8H16N2O2. The molecule has 2 unspecified atom stereocenters. The lowest BCUT2D eigenvalue weighted by Gasteiger charge is -2.09. The molecule has 2 atom stereocenters. The predicted molar refractivity (Wildman–Crippen MR) is 45.4 cm³/mol. The van der Waals surface area contributed by atoms with Crippen LogP contribution in [0, 0.1) is 0 Å². The molecule has 0 aliphatic heterocycles. The van der Waals surface area contributed by atoms with Gasteiger partial charge in [-0.3, -0.25) is 0 Å². The number of esters is 1. The molecule has 4 heteroatoms. The van der Waals surface area contributed by atoms with E-state index in [0.29, 0.717) is 13.0 Å². The monoisotopic (exact) mass is 172 g/mol. The topological polar surface area (TPSA) is 78.3 Å². The van der Waals surface area contributed by atoms with Crippen LogP contribution in [0.5, 0.6) is 0 Å². The normalized spacial score (nSPS) is 33.1. The number of ether oxygens (including phenoxy) is 1. The van der Waals surface area contributed by atoms with Crippen molar-refractivity contribution >= 4 is 5.97 Å². The zero-order valence-electron chi connectivity index (χ0n) is 7.38. The summed E-state index contributed by atoms with van der Waals surface area (Å²) in [5, 5.41) is 0. The Hall–Kier alpha value is -0.610. The molecule has 1 rings (SSSR count). The van der Waals surface area contributed by atoms with E-state index in [0.717, 1.165) is 12.8 Å². The van der Waals surface area contributed by atoms with E-state index < -0.39 is 5.54 Å². The van der Waals surface area contributed by atoms with Gasteiger partial charge in [0.15, 0.2) is 0 Å². The first-order chi connectivity index (χ1) is 5.61. The van der Waals surface area contributed by atoms with E-state index in [1.54, 1.807) is 0 Å². The molecule has 0 amide bonds. The summed E-state index contributed by atoms with van der Waals surface area (Å²) in [5.41, 5.74) is 10.2. The summed E-state index contributed by atoms with van der Waals surface area (Å²) < 4.78 is 4.94. The maximum absolute atomic E-state index is 11.2. The minimum Gasteiger partial charge on any atom is -0.464 e. The van der Waals surface area contributed by atoms with Crippen LogP contribution in [0.4, 0.5) is 0 Å². The Morgan fingerprint density at radius 2 is 2.33 bits per heavy atom. The lowest BCUT2D eigenvalue weighted by Crippen LogP contribution is -2.40. The van der Waals surface area contributed by atoms with Gasteiger partial charge in [0.2, 0.25) is 0 Å². The van der Waals surface area contributed by atoms with Gasteiger partial charge in [-0.1, -0.05) is 13.3 Å². The highest BCUT2D eigenvalue weighted by Gasteiger charge is 2.56. The molecule has 0 spiro atoms. The van der Waals surface area contributed by atoms with Crippen molar-refractivity contribution in [2.75, 3.05) is 6.61 Å². The maximum atomic E-state index is 11.2. The molecule has 1 saturated carbocycles. The van der Waals surface area contributed by atoms with E-state index in [2.05, 4.69) is 0 Å². The van der Waals surface area contributed by atoms with Gasteiger partial charge in [0.25, 0.3) is 0 Å². The Morgan fingerprint density at radius 3 is 2.75 bits per heavy atom. The fourth-order valence-electron chi connectivity index (χ4n) is 0.983. The van der Waals surface area contributed by atoms with Crippen molar-refractivity contribution in [2.24, 2.45) is 11.5 Å². The second-order valence-corrected chi connectivity index (χ2v) is 3.34. The second kappa shape index (κ2) is 3.41. The molecule has 4 N–H and O–H groups in total. The zero-order chi connectivity index (χ0) is 9.19. The Balaban J connectivity index is 2.21. The van der Waals surface area contributed by atoms with Crippen LogP contribution >= 0.6 is 0 Å². The Kier molecular flexibility index (Phi) is 2.69. The van der Waals surface area contributed by atoms with Crippen LogP contribution in [-0.2, 0) is 9.53 Å². The maximum Gasteiger partial charge on any atom is 0.327 e. The van der Waals surface area contributed by atoms with E-state index in [-0.39, 0.29) is 12.0 Å². The molecule has 0 bridgehead atoms. The molecule has 4 nitrogen and oxygen atoms in total. The lowest BCUT2D eigenvalue weighted by atomic mass is 10.3. The van der Waals surface area contributed by atoms with E-state index in [1.807, 2.05) is 6.92 Å². The van der Waals surface area contributed by atoms with Gasteiger partial charge >= 0.3 is 5.97 Å². The summed E-state index contributed by atoms with van der Waals surface area (Å²) >= 11 is 0. The number of nitrogens with two attached hydrogens (primary N) is 2. The van der Waals surface area contributed by atoms with E-state index in [1.165, 1.54) is 0 Å². The fourth-order valence-corrected chi connectivity index (χ4v) is 0.983. The van der Waals surface area contributed by atoms with E-state index >= 15 is 0 Å². The van der Waals surface area contributed by atoms with Gasteiger partial charge in [0.05, 0.1) is 6.61 Å². The number of unbranched alkanes of at least 4 members (excludes halogenated alkanes) is 1. The van der Waals surface area contributed by atoms with Crippen LogP contribution in [0.15, 0.2) is 0 Å². The smallest absolute Gasteiger partial charge is 0.327 e. The molecule has 0 aromatic rings. The standard InChI is InChI=1S/C8H16N2O2/c1-2-3-4-12-7(11)8(10)5-6(8)9/h6H,2-5,9-10H2,1H3. The minimum absolute atomic E-state index is 0.202. The van der Waals surface area contributed by atoms with Gasteiger partial charge in [-0.05, 0) is 12.8 Å². The molecule has 12 heavy (non-hydrogen) atoms. The third kappa shape index (κ3) is 1.76. The van der Waals surface area contributed by atoms with Crippen molar-refractivity contribution in [1.29, 1.82) is 0 Å². The average molecular weight is 172 g/mol. The summed E-state index contributed by atoms with van der Waals surface area (Å²) in [4.78, 5) is 11.2. The largest absolute Gasteiger partial charge is 0.464 e. The average Bonchev–Trinajstić information content (AvgIpc) is 2.62. The molecular weight excluding hydrogens is 156 g/mol. The first kappa shape index (κ1) is 9.48. The van der Waals surface area contributed by atoms with Crippen LogP contribution in [0.25, 0.3) is 0 Å². The third-order valence-electron chi connectivity index (χ3n) is 2.17. The van der Waals surface area contributed by atoms with E-state index in [4.69, 9.17) is 16.2 Å². The predicted octanol–water partition coefficient (Wildman–Crippen LogP) is -0.242. The Morgan fingerprint density at radius 1 is 1.75 bits per heavy atom. The number of rotatable bonds is 4. The number of carbonyl (C=O) groups is 1. The molecule has 0 heterocycles. The zero-order valence-corrected chi connectivity index (χ0v) is 7.38. The van der Waals surface area contributed by atoms with Crippen molar-refractivity contribution in [2.45, 2.75) is 37.8 Å². The number of hydrogen-bond acceptors (Lipinski definition) is 4. The van der Waals surface area contributed by atoms with Gasteiger partial charge < -0.3 is 16.2 Å². The molecule has 0 aromatic carbocycles. The summed E-state index contributed by atoms with van der Waals surface area (Å²) in [6.45, 7) is 2.50. The highest BCUT2D eigenvalue weighted by atomic mass is 16.5. The highest BCUT2D eigenvalue weighted by molar-refractivity contribution is 5.85.